The van der Waals surface area contributed by atoms with Crippen LogP contribution in [-0.4, -0.2) is 44.0 Å². The first-order valence-electron chi connectivity index (χ1n) is 7.01. The number of carbonyl (C=O) groups excluding carboxylic acids is 1. The number of guanidine groups is 1. The van der Waals surface area contributed by atoms with E-state index in [1.165, 1.54) is 5.56 Å². The predicted octanol–water partition coefficient (Wildman–Crippen LogP) is 1.72. The number of thioether (sulfide) groups is 1. The lowest BCUT2D eigenvalue weighted by molar-refractivity contribution is -0.115. The van der Waals surface area contributed by atoms with Crippen LogP contribution in [0.15, 0.2) is 29.3 Å². The molecule has 6 heteroatoms. The number of aryl methyl sites for hydroxylation is 1. The number of benzene rings is 1. The number of carbonyl (C=O) groups is 1. The van der Waals surface area contributed by atoms with Gasteiger partial charge in [0.2, 0.25) is 5.91 Å². The standard InChI is InChI=1S/C15H24N4OS/c1-4-12-6-5-7-13(10-12)19-14(20)11-18-15(16-2)17-8-9-21-3/h5-7,10H,4,8-9,11H2,1-3H3,(H,19,20)(H2,16,17,18). The lowest BCUT2D eigenvalue weighted by Gasteiger charge is -2.12. The predicted molar refractivity (Wildman–Crippen MR) is 92.2 cm³/mol. The van der Waals surface area contributed by atoms with Crippen molar-refractivity contribution >= 4 is 29.3 Å². The molecule has 0 unspecified atom stereocenters. The average Bonchev–Trinajstić information content (AvgIpc) is 2.51. The van der Waals surface area contributed by atoms with Gasteiger partial charge in [0.15, 0.2) is 5.96 Å². The summed E-state index contributed by atoms with van der Waals surface area (Å²) in [6.45, 7) is 3.10. The van der Waals surface area contributed by atoms with Crippen molar-refractivity contribution in [3.63, 3.8) is 0 Å². The van der Waals surface area contributed by atoms with Gasteiger partial charge in [0, 0.05) is 25.0 Å². The van der Waals surface area contributed by atoms with Crippen molar-refractivity contribution in [1.29, 1.82) is 0 Å². The Morgan fingerprint density at radius 3 is 2.81 bits per heavy atom. The van der Waals surface area contributed by atoms with Gasteiger partial charge in [0.05, 0.1) is 6.54 Å². The highest BCUT2D eigenvalue weighted by atomic mass is 32.2. The van der Waals surface area contributed by atoms with E-state index in [9.17, 15) is 4.79 Å². The van der Waals surface area contributed by atoms with Gasteiger partial charge in [-0.05, 0) is 30.4 Å². The maximum absolute atomic E-state index is 11.9. The minimum atomic E-state index is -0.0870. The molecule has 0 heterocycles. The molecular formula is C15H24N4OS. The Hall–Kier alpha value is -1.69. The zero-order chi connectivity index (χ0) is 15.5. The summed E-state index contributed by atoms with van der Waals surface area (Å²) >= 11 is 1.76. The zero-order valence-corrected chi connectivity index (χ0v) is 13.7. The van der Waals surface area contributed by atoms with E-state index in [1.807, 2.05) is 24.3 Å². The summed E-state index contributed by atoms with van der Waals surface area (Å²) in [5.74, 6) is 1.55. The Morgan fingerprint density at radius 1 is 1.33 bits per heavy atom. The van der Waals surface area contributed by atoms with Crippen LogP contribution in [-0.2, 0) is 11.2 Å². The van der Waals surface area contributed by atoms with Crippen LogP contribution >= 0.6 is 11.8 Å². The molecule has 0 aliphatic rings. The van der Waals surface area contributed by atoms with Crippen molar-refractivity contribution in [3.05, 3.63) is 29.8 Å². The molecule has 1 rings (SSSR count). The Labute approximate surface area is 131 Å². The first kappa shape index (κ1) is 17.4. The maximum atomic E-state index is 11.9. The quantitative estimate of drug-likeness (QED) is 0.408. The van der Waals surface area contributed by atoms with Crippen molar-refractivity contribution in [2.45, 2.75) is 13.3 Å². The number of anilines is 1. The molecule has 0 radical (unpaired) electrons. The number of nitrogens with one attached hydrogen (secondary N) is 3. The van der Waals surface area contributed by atoms with Crippen LogP contribution in [0.2, 0.25) is 0 Å². The minimum absolute atomic E-state index is 0.0870. The Kier molecular flexibility index (Phi) is 8.35. The average molecular weight is 308 g/mol. The molecule has 0 saturated heterocycles. The van der Waals surface area contributed by atoms with E-state index < -0.39 is 0 Å². The van der Waals surface area contributed by atoms with E-state index >= 15 is 0 Å². The van der Waals surface area contributed by atoms with E-state index in [-0.39, 0.29) is 12.5 Å². The zero-order valence-electron chi connectivity index (χ0n) is 12.9. The van der Waals surface area contributed by atoms with Crippen molar-refractivity contribution in [3.8, 4) is 0 Å². The summed E-state index contributed by atoms with van der Waals surface area (Å²) < 4.78 is 0. The molecule has 0 fully saturated rings. The van der Waals surface area contributed by atoms with Crippen molar-refractivity contribution < 1.29 is 4.79 Å². The fraction of sp³-hybridized carbons (Fsp3) is 0.467. The summed E-state index contributed by atoms with van der Waals surface area (Å²) in [6, 6.07) is 7.88. The molecule has 3 N–H and O–H groups in total. The first-order valence-corrected chi connectivity index (χ1v) is 8.41. The number of rotatable bonds is 7. The molecule has 1 aromatic carbocycles. The Bertz CT molecular complexity index is 476. The molecule has 0 spiro atoms. The molecule has 0 aromatic heterocycles. The number of hydrogen-bond donors (Lipinski definition) is 3. The van der Waals surface area contributed by atoms with Gasteiger partial charge in [-0.3, -0.25) is 9.79 Å². The molecular weight excluding hydrogens is 284 g/mol. The van der Waals surface area contributed by atoms with Crippen molar-refractivity contribution in [2.75, 3.05) is 37.5 Å². The number of hydrogen-bond acceptors (Lipinski definition) is 3. The number of aliphatic imine (C=N–C) groups is 1. The summed E-state index contributed by atoms with van der Waals surface area (Å²) in [5, 5.41) is 9.02. The van der Waals surface area contributed by atoms with Gasteiger partial charge < -0.3 is 16.0 Å². The fourth-order valence-electron chi connectivity index (χ4n) is 1.73. The van der Waals surface area contributed by atoms with Gasteiger partial charge in [0.1, 0.15) is 0 Å². The molecule has 5 nitrogen and oxygen atoms in total. The van der Waals surface area contributed by atoms with Gasteiger partial charge in [-0.25, -0.2) is 0 Å². The first-order chi connectivity index (χ1) is 10.2. The molecule has 0 atom stereocenters. The topological polar surface area (TPSA) is 65.5 Å². The van der Waals surface area contributed by atoms with E-state index in [0.717, 1.165) is 24.4 Å². The van der Waals surface area contributed by atoms with Crippen LogP contribution in [0.25, 0.3) is 0 Å². The van der Waals surface area contributed by atoms with E-state index in [0.29, 0.717) is 5.96 Å². The largest absolute Gasteiger partial charge is 0.356 e. The van der Waals surface area contributed by atoms with Gasteiger partial charge in [-0.1, -0.05) is 19.1 Å². The number of amides is 1. The van der Waals surface area contributed by atoms with Crippen LogP contribution < -0.4 is 16.0 Å². The van der Waals surface area contributed by atoms with Gasteiger partial charge in [-0.2, -0.15) is 11.8 Å². The Balaban J connectivity index is 2.38. The van der Waals surface area contributed by atoms with E-state index in [1.54, 1.807) is 18.8 Å². The van der Waals surface area contributed by atoms with Gasteiger partial charge in [-0.15, -0.1) is 0 Å². The highest BCUT2D eigenvalue weighted by molar-refractivity contribution is 7.98. The lowest BCUT2D eigenvalue weighted by Crippen LogP contribution is -2.42. The normalized spacial score (nSPS) is 11.1. The molecule has 1 aromatic rings. The second kappa shape index (κ2) is 10.1. The van der Waals surface area contributed by atoms with Crippen molar-refractivity contribution in [1.82, 2.24) is 10.6 Å². The summed E-state index contributed by atoms with van der Waals surface area (Å²) in [6.07, 6.45) is 3.00. The molecule has 0 aliphatic carbocycles. The third-order valence-corrected chi connectivity index (χ3v) is 3.47. The fourth-order valence-corrected chi connectivity index (χ4v) is 2.04. The van der Waals surface area contributed by atoms with Crippen LogP contribution in [0.3, 0.4) is 0 Å². The van der Waals surface area contributed by atoms with Crippen LogP contribution in [0.4, 0.5) is 5.69 Å². The molecule has 21 heavy (non-hydrogen) atoms. The highest BCUT2D eigenvalue weighted by Crippen LogP contribution is 2.10. The molecule has 1 amide bonds. The van der Waals surface area contributed by atoms with E-state index in [2.05, 4.69) is 34.1 Å². The van der Waals surface area contributed by atoms with Crippen LogP contribution in [0, 0.1) is 0 Å². The van der Waals surface area contributed by atoms with Gasteiger partial charge in [0.25, 0.3) is 0 Å². The molecule has 0 bridgehead atoms. The molecule has 0 aliphatic heterocycles. The smallest absolute Gasteiger partial charge is 0.243 e. The SMILES string of the molecule is CCc1cccc(NC(=O)CNC(=NC)NCCSC)c1. The minimum Gasteiger partial charge on any atom is -0.356 e. The molecule has 116 valence electrons. The summed E-state index contributed by atoms with van der Waals surface area (Å²) in [5.41, 5.74) is 2.03. The van der Waals surface area contributed by atoms with E-state index in [4.69, 9.17) is 0 Å². The van der Waals surface area contributed by atoms with Crippen molar-refractivity contribution in [2.24, 2.45) is 4.99 Å². The van der Waals surface area contributed by atoms with Gasteiger partial charge >= 0.3 is 0 Å². The van der Waals surface area contributed by atoms with Crippen LogP contribution in [0.5, 0.6) is 0 Å². The second-order valence-corrected chi connectivity index (χ2v) is 5.43. The number of nitrogens with zero attached hydrogens (tertiary/aromatic N) is 1. The summed E-state index contributed by atoms with van der Waals surface area (Å²) in [7, 11) is 1.69. The highest BCUT2D eigenvalue weighted by Gasteiger charge is 2.04. The monoisotopic (exact) mass is 308 g/mol. The summed E-state index contributed by atoms with van der Waals surface area (Å²) in [4.78, 5) is 16.0. The molecule has 0 saturated carbocycles. The second-order valence-electron chi connectivity index (χ2n) is 4.45. The van der Waals surface area contributed by atoms with Crippen LogP contribution in [0.1, 0.15) is 12.5 Å². The third kappa shape index (κ3) is 7.04. The third-order valence-electron chi connectivity index (χ3n) is 2.86. The maximum Gasteiger partial charge on any atom is 0.243 e. The lowest BCUT2D eigenvalue weighted by atomic mass is 10.1. The Morgan fingerprint density at radius 2 is 2.14 bits per heavy atom.